The number of hydrogen-bond donors (Lipinski definition) is 1. The molecule has 1 heteroatoms. The molecule has 3 atom stereocenters. The third-order valence-electron chi connectivity index (χ3n) is 3.92. The fraction of sp³-hybridized carbons (Fsp3) is 0.800. The molecule has 62 valence electrons. The minimum absolute atomic E-state index is 0.322. The van der Waals surface area contributed by atoms with Crippen molar-refractivity contribution in [3.8, 4) is 0 Å². The van der Waals surface area contributed by atoms with E-state index in [4.69, 9.17) is 5.73 Å². The van der Waals surface area contributed by atoms with Crippen LogP contribution in [0.3, 0.4) is 0 Å². The van der Waals surface area contributed by atoms with E-state index < -0.39 is 0 Å². The Bertz CT molecular complexity index is 205. The number of fused-ring (bicyclic) bond motifs is 2. The summed E-state index contributed by atoms with van der Waals surface area (Å²) < 4.78 is 0. The predicted molar refractivity (Wildman–Crippen MR) is 47.1 cm³/mol. The highest BCUT2D eigenvalue weighted by atomic mass is 14.8. The van der Waals surface area contributed by atoms with Crippen molar-refractivity contribution in [1.82, 2.24) is 0 Å². The van der Waals surface area contributed by atoms with E-state index >= 15 is 0 Å². The number of nitrogens with two attached hydrogens (primary N) is 1. The lowest BCUT2D eigenvalue weighted by atomic mass is 9.73. The van der Waals surface area contributed by atoms with Crippen LogP contribution in [0.15, 0.2) is 12.2 Å². The number of rotatable bonds is 0. The van der Waals surface area contributed by atoms with Crippen molar-refractivity contribution in [2.45, 2.75) is 32.7 Å². The Morgan fingerprint density at radius 1 is 1.45 bits per heavy atom. The Morgan fingerprint density at radius 3 is 2.36 bits per heavy atom. The maximum atomic E-state index is 6.09. The van der Waals surface area contributed by atoms with Crippen LogP contribution >= 0.6 is 0 Å². The van der Waals surface area contributed by atoms with Crippen LogP contribution in [0, 0.1) is 17.3 Å². The molecule has 0 spiro atoms. The standard InChI is InChI=1S/C10H17N/c1-6-7-4-5-8(9(7)11)10(6,2)3/h7-9H,1,4-5,11H2,2-3H3/t7-,8-,9-/m0/s1. The lowest BCUT2D eigenvalue weighted by molar-refractivity contribution is 0.277. The molecule has 0 aliphatic heterocycles. The highest BCUT2D eigenvalue weighted by Gasteiger charge is 2.53. The van der Waals surface area contributed by atoms with Gasteiger partial charge in [-0.25, -0.2) is 0 Å². The molecule has 2 rings (SSSR count). The Kier molecular flexibility index (Phi) is 1.26. The van der Waals surface area contributed by atoms with Gasteiger partial charge in [0, 0.05) is 6.04 Å². The third-order valence-corrected chi connectivity index (χ3v) is 3.92. The van der Waals surface area contributed by atoms with Gasteiger partial charge in [0.15, 0.2) is 0 Å². The third kappa shape index (κ3) is 0.698. The topological polar surface area (TPSA) is 26.0 Å². The van der Waals surface area contributed by atoms with Crippen LogP contribution in [0.25, 0.3) is 0 Å². The van der Waals surface area contributed by atoms with Crippen molar-refractivity contribution in [3.05, 3.63) is 12.2 Å². The van der Waals surface area contributed by atoms with Crippen molar-refractivity contribution < 1.29 is 0 Å². The molecule has 0 radical (unpaired) electrons. The van der Waals surface area contributed by atoms with Crippen LogP contribution in [-0.2, 0) is 0 Å². The summed E-state index contributed by atoms with van der Waals surface area (Å²) in [6, 6.07) is 0.414. The summed E-state index contributed by atoms with van der Waals surface area (Å²) in [5.74, 6) is 1.34. The molecule has 2 N–H and O–H groups in total. The van der Waals surface area contributed by atoms with Gasteiger partial charge in [-0.05, 0) is 30.1 Å². The summed E-state index contributed by atoms with van der Waals surface area (Å²) in [4.78, 5) is 0. The molecular weight excluding hydrogens is 134 g/mol. The van der Waals surface area contributed by atoms with Crippen molar-refractivity contribution in [1.29, 1.82) is 0 Å². The van der Waals surface area contributed by atoms with E-state index in [1.54, 1.807) is 0 Å². The monoisotopic (exact) mass is 151 g/mol. The second kappa shape index (κ2) is 1.89. The van der Waals surface area contributed by atoms with Gasteiger partial charge in [0.05, 0.1) is 0 Å². The van der Waals surface area contributed by atoms with Gasteiger partial charge in [-0.2, -0.15) is 0 Å². The average Bonchev–Trinajstić information content (AvgIpc) is 2.34. The summed E-state index contributed by atoms with van der Waals surface area (Å²) >= 11 is 0. The summed E-state index contributed by atoms with van der Waals surface area (Å²) in [6.45, 7) is 8.74. The molecule has 0 aromatic carbocycles. The molecule has 2 aliphatic rings. The van der Waals surface area contributed by atoms with Crippen LogP contribution in [-0.4, -0.2) is 6.04 Å². The van der Waals surface area contributed by atoms with Crippen LogP contribution in [0.5, 0.6) is 0 Å². The van der Waals surface area contributed by atoms with E-state index in [2.05, 4.69) is 20.4 Å². The molecule has 2 saturated carbocycles. The highest BCUT2D eigenvalue weighted by Crippen LogP contribution is 2.57. The molecule has 2 bridgehead atoms. The summed E-state index contributed by atoms with van der Waals surface area (Å²) in [7, 11) is 0. The summed E-state index contributed by atoms with van der Waals surface area (Å²) in [6.07, 6.45) is 2.60. The molecule has 0 aromatic rings. The van der Waals surface area contributed by atoms with Gasteiger partial charge in [0.1, 0.15) is 0 Å². The van der Waals surface area contributed by atoms with E-state index in [0.717, 1.165) is 0 Å². The Labute approximate surface area is 68.7 Å². The molecule has 2 aliphatic carbocycles. The first-order chi connectivity index (χ1) is 5.05. The fourth-order valence-corrected chi connectivity index (χ4v) is 2.99. The van der Waals surface area contributed by atoms with Gasteiger partial charge in [0.2, 0.25) is 0 Å². The average molecular weight is 151 g/mol. The SMILES string of the molecule is C=C1[C@@H]2CC[C@@H]([C@H]2N)C1(C)C. The Hall–Kier alpha value is -0.300. The quantitative estimate of drug-likeness (QED) is 0.526. The molecule has 0 heterocycles. The molecule has 0 amide bonds. The Morgan fingerprint density at radius 2 is 2.09 bits per heavy atom. The molecule has 0 saturated heterocycles. The zero-order valence-electron chi connectivity index (χ0n) is 7.43. The van der Waals surface area contributed by atoms with E-state index in [0.29, 0.717) is 23.3 Å². The van der Waals surface area contributed by atoms with Crippen molar-refractivity contribution >= 4 is 0 Å². The van der Waals surface area contributed by atoms with E-state index in [9.17, 15) is 0 Å². The summed E-state index contributed by atoms with van der Waals surface area (Å²) in [5.41, 5.74) is 7.82. The van der Waals surface area contributed by atoms with Gasteiger partial charge in [-0.15, -0.1) is 0 Å². The van der Waals surface area contributed by atoms with E-state index in [1.165, 1.54) is 18.4 Å². The second-order valence-corrected chi connectivity index (χ2v) is 4.61. The summed E-state index contributed by atoms with van der Waals surface area (Å²) in [5, 5.41) is 0. The zero-order chi connectivity index (χ0) is 8.22. The zero-order valence-corrected chi connectivity index (χ0v) is 7.43. The van der Waals surface area contributed by atoms with Gasteiger partial charge >= 0.3 is 0 Å². The van der Waals surface area contributed by atoms with Crippen molar-refractivity contribution in [2.75, 3.05) is 0 Å². The van der Waals surface area contributed by atoms with Gasteiger partial charge < -0.3 is 5.73 Å². The first-order valence-corrected chi connectivity index (χ1v) is 4.50. The molecule has 0 aromatic heterocycles. The van der Waals surface area contributed by atoms with Crippen LogP contribution in [0.4, 0.5) is 0 Å². The number of hydrogen-bond acceptors (Lipinski definition) is 1. The van der Waals surface area contributed by atoms with E-state index in [-0.39, 0.29) is 0 Å². The van der Waals surface area contributed by atoms with Gasteiger partial charge in [-0.1, -0.05) is 26.0 Å². The first-order valence-electron chi connectivity index (χ1n) is 4.50. The first kappa shape index (κ1) is 7.35. The largest absolute Gasteiger partial charge is 0.327 e. The predicted octanol–water partition coefficient (Wildman–Crippen LogP) is 1.94. The molecule has 0 unspecified atom stereocenters. The molecule has 1 nitrogen and oxygen atoms in total. The molecule has 11 heavy (non-hydrogen) atoms. The Balaban J connectivity index is 2.38. The molecular formula is C10H17N. The lowest BCUT2D eigenvalue weighted by Crippen LogP contribution is -2.29. The lowest BCUT2D eigenvalue weighted by Gasteiger charge is -2.31. The van der Waals surface area contributed by atoms with E-state index in [1.807, 2.05) is 0 Å². The maximum absolute atomic E-state index is 6.09. The minimum atomic E-state index is 0.322. The van der Waals surface area contributed by atoms with Crippen LogP contribution in [0.1, 0.15) is 26.7 Å². The minimum Gasteiger partial charge on any atom is -0.327 e. The normalized spacial score (nSPS) is 46.8. The second-order valence-electron chi connectivity index (χ2n) is 4.61. The van der Waals surface area contributed by atoms with Crippen LogP contribution in [0.2, 0.25) is 0 Å². The smallest absolute Gasteiger partial charge is 0.0141 e. The highest BCUT2D eigenvalue weighted by molar-refractivity contribution is 5.27. The van der Waals surface area contributed by atoms with Crippen molar-refractivity contribution in [3.63, 3.8) is 0 Å². The van der Waals surface area contributed by atoms with Gasteiger partial charge in [0.25, 0.3) is 0 Å². The molecule has 2 fully saturated rings. The fourth-order valence-electron chi connectivity index (χ4n) is 2.99. The van der Waals surface area contributed by atoms with Crippen molar-refractivity contribution in [2.24, 2.45) is 23.0 Å². The maximum Gasteiger partial charge on any atom is 0.0141 e. The van der Waals surface area contributed by atoms with Gasteiger partial charge in [-0.3, -0.25) is 0 Å². The van der Waals surface area contributed by atoms with Crippen LogP contribution < -0.4 is 5.73 Å².